The molecule has 4 nitrogen and oxygen atoms in total. The number of hydrogen-bond acceptors (Lipinski definition) is 2. The molecule has 0 aromatic heterocycles. The molecule has 0 saturated carbocycles. The Balaban J connectivity index is 2.46. The Morgan fingerprint density at radius 1 is 1.21 bits per heavy atom. The standard InChI is InChI=1S/C14H21N3OS/c1-10(12(18)17-14(2,3)4)15-13(19)16-11-8-6-5-7-9-11/h5-10H,1-4H3,(H,17,18)(H2,15,16,19). The van der Waals surface area contributed by atoms with E-state index in [1.807, 2.05) is 51.1 Å². The van der Waals surface area contributed by atoms with Crippen molar-refractivity contribution < 1.29 is 4.79 Å². The number of carbonyl (C=O) groups is 1. The lowest BCUT2D eigenvalue weighted by atomic mass is 10.1. The van der Waals surface area contributed by atoms with E-state index in [9.17, 15) is 4.79 Å². The maximum absolute atomic E-state index is 11.9. The molecule has 1 atom stereocenters. The smallest absolute Gasteiger partial charge is 0.242 e. The summed E-state index contributed by atoms with van der Waals surface area (Å²) in [7, 11) is 0. The zero-order chi connectivity index (χ0) is 14.5. The SMILES string of the molecule is CC(NC(=S)Nc1ccccc1)C(=O)NC(C)(C)C. The molecule has 0 aliphatic rings. The average molecular weight is 279 g/mol. The fourth-order valence-electron chi connectivity index (χ4n) is 1.43. The molecule has 0 heterocycles. The normalized spacial score (nSPS) is 12.4. The summed E-state index contributed by atoms with van der Waals surface area (Å²) in [5.41, 5.74) is 0.644. The molecule has 0 radical (unpaired) electrons. The third kappa shape index (κ3) is 6.20. The molecular formula is C14H21N3OS. The van der Waals surface area contributed by atoms with Crippen LogP contribution in [0.1, 0.15) is 27.7 Å². The van der Waals surface area contributed by atoms with Gasteiger partial charge in [-0.1, -0.05) is 18.2 Å². The van der Waals surface area contributed by atoms with Crippen molar-refractivity contribution in [1.82, 2.24) is 10.6 Å². The third-order valence-corrected chi connectivity index (χ3v) is 2.49. The van der Waals surface area contributed by atoms with Crippen LogP contribution in [0, 0.1) is 0 Å². The van der Waals surface area contributed by atoms with Gasteiger partial charge in [0.05, 0.1) is 0 Å². The van der Waals surface area contributed by atoms with Crippen LogP contribution in [0.4, 0.5) is 5.69 Å². The fourth-order valence-corrected chi connectivity index (χ4v) is 1.72. The number of anilines is 1. The molecule has 0 aliphatic carbocycles. The zero-order valence-electron chi connectivity index (χ0n) is 11.8. The van der Waals surface area contributed by atoms with E-state index >= 15 is 0 Å². The van der Waals surface area contributed by atoms with Gasteiger partial charge in [-0.15, -0.1) is 0 Å². The lowest BCUT2D eigenvalue weighted by Crippen LogP contribution is -2.51. The second kappa shape index (κ2) is 6.52. The summed E-state index contributed by atoms with van der Waals surface area (Å²) in [5.74, 6) is -0.0790. The summed E-state index contributed by atoms with van der Waals surface area (Å²) < 4.78 is 0. The Labute approximate surface area is 120 Å². The van der Waals surface area contributed by atoms with Gasteiger partial charge in [0.15, 0.2) is 5.11 Å². The van der Waals surface area contributed by atoms with Crippen LogP contribution in [0.25, 0.3) is 0 Å². The molecule has 0 fully saturated rings. The Kier molecular flexibility index (Phi) is 5.30. The highest BCUT2D eigenvalue weighted by Crippen LogP contribution is 2.05. The van der Waals surface area contributed by atoms with Crippen LogP contribution in [0.15, 0.2) is 30.3 Å². The zero-order valence-corrected chi connectivity index (χ0v) is 12.6. The van der Waals surface area contributed by atoms with Gasteiger partial charge in [0.2, 0.25) is 5.91 Å². The second-order valence-corrected chi connectivity index (χ2v) is 5.83. The maximum Gasteiger partial charge on any atom is 0.242 e. The minimum Gasteiger partial charge on any atom is -0.351 e. The van der Waals surface area contributed by atoms with Crippen LogP contribution < -0.4 is 16.0 Å². The van der Waals surface area contributed by atoms with Crippen molar-refractivity contribution in [3.05, 3.63) is 30.3 Å². The van der Waals surface area contributed by atoms with Crippen LogP contribution in [-0.4, -0.2) is 22.6 Å². The van der Waals surface area contributed by atoms with Crippen molar-refractivity contribution in [1.29, 1.82) is 0 Å². The molecule has 5 heteroatoms. The average Bonchev–Trinajstić information content (AvgIpc) is 2.27. The van der Waals surface area contributed by atoms with Crippen molar-refractivity contribution in [2.75, 3.05) is 5.32 Å². The van der Waals surface area contributed by atoms with E-state index in [0.29, 0.717) is 5.11 Å². The first kappa shape index (κ1) is 15.4. The number of nitrogens with one attached hydrogen (secondary N) is 3. The molecule has 1 aromatic rings. The van der Waals surface area contributed by atoms with Crippen molar-refractivity contribution in [3.8, 4) is 0 Å². The molecular weight excluding hydrogens is 258 g/mol. The van der Waals surface area contributed by atoms with Gasteiger partial charge in [-0.3, -0.25) is 4.79 Å². The summed E-state index contributed by atoms with van der Waals surface area (Å²) in [5, 5.41) is 9.32. The number of thiocarbonyl (C=S) groups is 1. The Morgan fingerprint density at radius 3 is 2.32 bits per heavy atom. The van der Waals surface area contributed by atoms with Crippen LogP contribution in [-0.2, 0) is 4.79 Å². The highest BCUT2D eigenvalue weighted by Gasteiger charge is 2.19. The highest BCUT2D eigenvalue weighted by atomic mass is 32.1. The number of benzene rings is 1. The van der Waals surface area contributed by atoms with Crippen LogP contribution in [0.2, 0.25) is 0 Å². The lowest BCUT2D eigenvalue weighted by Gasteiger charge is -2.24. The molecule has 0 bridgehead atoms. The predicted octanol–water partition coefficient (Wildman–Crippen LogP) is 2.28. The molecule has 0 saturated heterocycles. The molecule has 1 rings (SSSR count). The molecule has 0 aliphatic heterocycles. The molecule has 1 aromatic carbocycles. The van der Waals surface area contributed by atoms with Gasteiger partial charge in [0.25, 0.3) is 0 Å². The van der Waals surface area contributed by atoms with Crippen molar-refractivity contribution in [2.24, 2.45) is 0 Å². The van der Waals surface area contributed by atoms with E-state index in [4.69, 9.17) is 12.2 Å². The minimum atomic E-state index is -0.386. The molecule has 1 unspecified atom stereocenters. The summed E-state index contributed by atoms with van der Waals surface area (Å²) in [4.78, 5) is 11.9. The third-order valence-electron chi connectivity index (χ3n) is 2.27. The van der Waals surface area contributed by atoms with Gasteiger partial charge in [0, 0.05) is 11.2 Å². The van der Waals surface area contributed by atoms with Gasteiger partial charge in [-0.25, -0.2) is 0 Å². The molecule has 3 N–H and O–H groups in total. The molecule has 1 amide bonds. The molecule has 104 valence electrons. The Hall–Kier alpha value is -1.62. The summed E-state index contributed by atoms with van der Waals surface area (Å²) in [6.07, 6.45) is 0. The first-order chi connectivity index (χ1) is 8.78. The van der Waals surface area contributed by atoms with Crippen molar-refractivity contribution in [2.45, 2.75) is 39.3 Å². The van der Waals surface area contributed by atoms with E-state index in [0.717, 1.165) is 5.69 Å². The van der Waals surface area contributed by atoms with E-state index < -0.39 is 0 Å². The number of para-hydroxylation sites is 1. The topological polar surface area (TPSA) is 53.2 Å². The van der Waals surface area contributed by atoms with Crippen molar-refractivity contribution >= 4 is 28.9 Å². The van der Waals surface area contributed by atoms with Gasteiger partial charge in [0.1, 0.15) is 6.04 Å². The number of amides is 1. The summed E-state index contributed by atoms with van der Waals surface area (Å²) in [6, 6.07) is 9.20. The first-order valence-electron chi connectivity index (χ1n) is 6.22. The number of hydrogen-bond donors (Lipinski definition) is 3. The van der Waals surface area contributed by atoms with E-state index in [-0.39, 0.29) is 17.5 Å². The van der Waals surface area contributed by atoms with Crippen LogP contribution in [0.5, 0.6) is 0 Å². The van der Waals surface area contributed by atoms with E-state index in [1.165, 1.54) is 0 Å². The van der Waals surface area contributed by atoms with Gasteiger partial charge < -0.3 is 16.0 Å². The minimum absolute atomic E-state index is 0.0790. The molecule has 19 heavy (non-hydrogen) atoms. The van der Waals surface area contributed by atoms with E-state index in [2.05, 4.69) is 16.0 Å². The van der Waals surface area contributed by atoms with Gasteiger partial charge >= 0.3 is 0 Å². The summed E-state index contributed by atoms with van der Waals surface area (Å²) >= 11 is 5.17. The Bertz CT molecular complexity index is 440. The number of rotatable bonds is 3. The van der Waals surface area contributed by atoms with Crippen LogP contribution in [0.3, 0.4) is 0 Å². The van der Waals surface area contributed by atoms with Gasteiger partial charge in [-0.2, -0.15) is 0 Å². The summed E-state index contributed by atoms with van der Waals surface area (Å²) in [6.45, 7) is 7.61. The van der Waals surface area contributed by atoms with Crippen LogP contribution >= 0.6 is 12.2 Å². The van der Waals surface area contributed by atoms with E-state index in [1.54, 1.807) is 6.92 Å². The second-order valence-electron chi connectivity index (χ2n) is 5.43. The maximum atomic E-state index is 11.9. The highest BCUT2D eigenvalue weighted by molar-refractivity contribution is 7.80. The largest absolute Gasteiger partial charge is 0.351 e. The fraction of sp³-hybridized carbons (Fsp3) is 0.429. The number of carbonyl (C=O) groups excluding carboxylic acids is 1. The quantitative estimate of drug-likeness (QED) is 0.743. The Morgan fingerprint density at radius 2 is 1.79 bits per heavy atom. The monoisotopic (exact) mass is 279 g/mol. The van der Waals surface area contributed by atoms with Crippen molar-refractivity contribution in [3.63, 3.8) is 0 Å². The molecule has 0 spiro atoms. The predicted molar refractivity (Wildman–Crippen MR) is 83.2 cm³/mol. The van der Waals surface area contributed by atoms with Gasteiger partial charge in [-0.05, 0) is 52.0 Å². The lowest BCUT2D eigenvalue weighted by molar-refractivity contribution is -0.123. The first-order valence-corrected chi connectivity index (χ1v) is 6.63.